The van der Waals surface area contributed by atoms with Gasteiger partial charge in [0.15, 0.2) is 0 Å². The van der Waals surface area contributed by atoms with E-state index in [4.69, 9.17) is 28.4 Å². The maximum Gasteiger partial charge on any atom is 0.302 e. The molecule has 1 saturated heterocycles. The summed E-state index contributed by atoms with van der Waals surface area (Å²) < 4.78 is 32.3. The van der Waals surface area contributed by atoms with Crippen molar-refractivity contribution in [3.8, 4) is 0 Å². The van der Waals surface area contributed by atoms with Crippen molar-refractivity contribution in [2.45, 2.75) is 6.92 Å². The standard InChI is InChI=1S/C16H31NO7/c1-16(18)24-7-4-17-2-5-19-8-10-21-12-14-23-15-13-22-11-9-20-6-3-17/h2-15H2,1H3. The van der Waals surface area contributed by atoms with Crippen LogP contribution in [0.15, 0.2) is 0 Å². The number of carbonyl (C=O) groups excluding carboxylic acids is 1. The van der Waals surface area contributed by atoms with E-state index in [0.29, 0.717) is 79.2 Å². The third-order valence-corrected chi connectivity index (χ3v) is 3.30. The maximum atomic E-state index is 10.8. The molecule has 0 aliphatic carbocycles. The van der Waals surface area contributed by atoms with Gasteiger partial charge >= 0.3 is 5.97 Å². The Bertz CT molecular complexity index is 286. The first kappa shape index (κ1) is 21.3. The highest BCUT2D eigenvalue weighted by molar-refractivity contribution is 5.65. The van der Waals surface area contributed by atoms with Crippen molar-refractivity contribution in [3.63, 3.8) is 0 Å². The first-order valence-corrected chi connectivity index (χ1v) is 8.53. The van der Waals surface area contributed by atoms with Gasteiger partial charge < -0.3 is 28.4 Å². The van der Waals surface area contributed by atoms with Gasteiger partial charge in [0.05, 0.1) is 66.1 Å². The minimum atomic E-state index is -0.262. The first-order chi connectivity index (χ1) is 11.8. The molecule has 0 aromatic rings. The second-order valence-electron chi connectivity index (χ2n) is 5.24. The fraction of sp³-hybridized carbons (Fsp3) is 0.938. The number of rotatable bonds is 3. The number of hydrogen-bond acceptors (Lipinski definition) is 8. The molecule has 24 heavy (non-hydrogen) atoms. The molecule has 0 unspecified atom stereocenters. The summed E-state index contributed by atoms with van der Waals surface area (Å²) in [5.41, 5.74) is 0. The zero-order valence-corrected chi connectivity index (χ0v) is 14.7. The smallest absolute Gasteiger partial charge is 0.302 e. The van der Waals surface area contributed by atoms with Gasteiger partial charge in [0.25, 0.3) is 0 Å². The van der Waals surface area contributed by atoms with Crippen LogP contribution >= 0.6 is 0 Å². The van der Waals surface area contributed by atoms with Gasteiger partial charge in [-0.2, -0.15) is 0 Å². The highest BCUT2D eigenvalue weighted by Crippen LogP contribution is 1.93. The van der Waals surface area contributed by atoms with Gasteiger partial charge in [-0.15, -0.1) is 0 Å². The number of esters is 1. The molecule has 0 radical (unpaired) electrons. The van der Waals surface area contributed by atoms with E-state index in [9.17, 15) is 4.79 Å². The van der Waals surface area contributed by atoms with Crippen LogP contribution in [0.1, 0.15) is 6.92 Å². The van der Waals surface area contributed by atoms with Crippen LogP contribution in [-0.4, -0.2) is 103 Å². The molecule has 0 aromatic carbocycles. The van der Waals surface area contributed by atoms with E-state index in [-0.39, 0.29) is 5.97 Å². The Morgan fingerprint density at radius 1 is 0.750 bits per heavy atom. The van der Waals surface area contributed by atoms with Crippen LogP contribution in [0.2, 0.25) is 0 Å². The molecule has 1 aliphatic rings. The van der Waals surface area contributed by atoms with Crippen LogP contribution in [-0.2, 0) is 33.2 Å². The summed E-state index contributed by atoms with van der Waals surface area (Å²) in [7, 11) is 0. The van der Waals surface area contributed by atoms with Crippen molar-refractivity contribution in [2.24, 2.45) is 0 Å². The normalized spacial score (nSPS) is 21.5. The van der Waals surface area contributed by atoms with Crippen LogP contribution in [0.5, 0.6) is 0 Å². The number of carbonyl (C=O) groups is 1. The van der Waals surface area contributed by atoms with E-state index in [1.807, 2.05) is 0 Å². The van der Waals surface area contributed by atoms with Gasteiger partial charge in [-0.25, -0.2) is 0 Å². The van der Waals surface area contributed by atoms with E-state index in [2.05, 4.69) is 4.90 Å². The van der Waals surface area contributed by atoms with E-state index in [0.717, 1.165) is 13.1 Å². The summed E-state index contributed by atoms with van der Waals surface area (Å²) in [6.45, 7) is 9.60. The Balaban J connectivity index is 2.24. The van der Waals surface area contributed by atoms with Crippen LogP contribution in [0, 0.1) is 0 Å². The molecular weight excluding hydrogens is 318 g/mol. The molecular formula is C16H31NO7. The monoisotopic (exact) mass is 349 g/mol. The summed E-state index contributed by atoms with van der Waals surface area (Å²) in [4.78, 5) is 13.0. The van der Waals surface area contributed by atoms with Gasteiger partial charge in [0.1, 0.15) is 6.61 Å². The predicted molar refractivity (Wildman–Crippen MR) is 87.2 cm³/mol. The molecule has 0 spiro atoms. The molecule has 1 heterocycles. The Labute approximate surface area is 144 Å². The fourth-order valence-electron chi connectivity index (χ4n) is 2.02. The molecule has 1 rings (SSSR count). The Hall–Kier alpha value is -0.770. The minimum absolute atomic E-state index is 0.262. The molecule has 8 nitrogen and oxygen atoms in total. The van der Waals surface area contributed by atoms with Gasteiger partial charge in [0, 0.05) is 26.6 Å². The second-order valence-corrected chi connectivity index (χ2v) is 5.24. The largest absolute Gasteiger partial charge is 0.465 e. The highest BCUT2D eigenvalue weighted by atomic mass is 16.6. The topological polar surface area (TPSA) is 75.7 Å². The SMILES string of the molecule is CC(=O)OCCN1CCOCCOCCOCCOCCOCC1. The lowest BCUT2D eigenvalue weighted by molar-refractivity contribution is -0.141. The summed E-state index contributed by atoms with van der Waals surface area (Å²) >= 11 is 0. The average Bonchev–Trinajstić information content (AvgIpc) is 2.56. The molecule has 0 saturated carbocycles. The van der Waals surface area contributed by atoms with Crippen molar-refractivity contribution in [2.75, 3.05) is 92.3 Å². The van der Waals surface area contributed by atoms with Crippen LogP contribution in [0.4, 0.5) is 0 Å². The summed E-state index contributed by atoms with van der Waals surface area (Å²) in [6, 6.07) is 0. The van der Waals surface area contributed by atoms with Crippen molar-refractivity contribution in [1.29, 1.82) is 0 Å². The van der Waals surface area contributed by atoms with Gasteiger partial charge in [-0.1, -0.05) is 0 Å². The third-order valence-electron chi connectivity index (χ3n) is 3.30. The van der Waals surface area contributed by atoms with E-state index in [1.54, 1.807) is 0 Å². The minimum Gasteiger partial charge on any atom is -0.465 e. The average molecular weight is 349 g/mol. The Morgan fingerprint density at radius 2 is 1.12 bits per heavy atom. The molecule has 0 aromatic heterocycles. The number of nitrogens with zero attached hydrogens (tertiary/aromatic N) is 1. The molecule has 8 heteroatoms. The summed E-state index contributed by atoms with van der Waals surface area (Å²) in [6.07, 6.45) is 0. The van der Waals surface area contributed by atoms with Crippen LogP contribution < -0.4 is 0 Å². The second kappa shape index (κ2) is 15.7. The third kappa shape index (κ3) is 13.6. The maximum absolute atomic E-state index is 10.8. The van der Waals surface area contributed by atoms with Gasteiger partial charge in [-0.3, -0.25) is 9.69 Å². The predicted octanol–water partition coefficient (Wildman–Crippen LogP) is -0.0519. The van der Waals surface area contributed by atoms with Crippen molar-refractivity contribution in [1.82, 2.24) is 4.90 Å². The van der Waals surface area contributed by atoms with Crippen molar-refractivity contribution < 1.29 is 33.2 Å². The van der Waals surface area contributed by atoms with E-state index < -0.39 is 0 Å². The van der Waals surface area contributed by atoms with E-state index >= 15 is 0 Å². The van der Waals surface area contributed by atoms with Crippen molar-refractivity contribution >= 4 is 5.97 Å². The van der Waals surface area contributed by atoms with Gasteiger partial charge in [-0.05, 0) is 0 Å². The first-order valence-electron chi connectivity index (χ1n) is 8.53. The lowest BCUT2D eigenvalue weighted by atomic mass is 10.4. The molecule has 0 bridgehead atoms. The summed E-state index contributed by atoms with van der Waals surface area (Å²) in [5.74, 6) is -0.262. The van der Waals surface area contributed by atoms with E-state index in [1.165, 1.54) is 6.92 Å². The Morgan fingerprint density at radius 3 is 1.50 bits per heavy atom. The molecule has 0 atom stereocenters. The summed E-state index contributed by atoms with van der Waals surface area (Å²) in [5, 5.41) is 0. The molecule has 1 fully saturated rings. The number of hydrogen-bond donors (Lipinski definition) is 0. The highest BCUT2D eigenvalue weighted by Gasteiger charge is 2.06. The zero-order valence-electron chi connectivity index (χ0n) is 14.7. The molecule has 0 amide bonds. The Kier molecular flexibility index (Phi) is 14.0. The number of ether oxygens (including phenoxy) is 6. The molecule has 142 valence electrons. The molecule has 0 N–H and O–H groups in total. The zero-order chi connectivity index (χ0) is 17.3. The van der Waals surface area contributed by atoms with Crippen LogP contribution in [0.25, 0.3) is 0 Å². The quantitative estimate of drug-likeness (QED) is 0.657. The fourth-order valence-corrected chi connectivity index (χ4v) is 2.02. The van der Waals surface area contributed by atoms with Crippen LogP contribution in [0.3, 0.4) is 0 Å². The lowest BCUT2D eigenvalue weighted by Gasteiger charge is -2.22. The lowest BCUT2D eigenvalue weighted by Crippen LogP contribution is -2.34. The molecule has 1 aliphatic heterocycles. The van der Waals surface area contributed by atoms with Crippen molar-refractivity contribution in [3.05, 3.63) is 0 Å². The van der Waals surface area contributed by atoms with Gasteiger partial charge in [0.2, 0.25) is 0 Å².